The second kappa shape index (κ2) is 10.1. The van der Waals surface area contributed by atoms with Gasteiger partial charge in [0.2, 0.25) is 0 Å². The Bertz CT molecular complexity index is 348. The van der Waals surface area contributed by atoms with Crippen LogP contribution in [0.25, 0.3) is 0 Å². The van der Waals surface area contributed by atoms with Gasteiger partial charge >= 0.3 is 6.03 Å². The van der Waals surface area contributed by atoms with Crippen LogP contribution in [-0.2, 0) is 9.47 Å². The van der Waals surface area contributed by atoms with Gasteiger partial charge in [0.15, 0.2) is 0 Å². The van der Waals surface area contributed by atoms with Gasteiger partial charge in [0.05, 0.1) is 25.9 Å². The SMILES string of the molecule is C[C@H]1CCCC[C@@H]1OCCNC(=O)N(C)CCN1CCOCC1. The molecule has 2 rings (SSSR count). The lowest BCUT2D eigenvalue weighted by Crippen LogP contribution is -2.45. The van der Waals surface area contributed by atoms with Gasteiger partial charge in [-0.2, -0.15) is 0 Å². The number of ether oxygens (including phenoxy) is 2. The Labute approximate surface area is 140 Å². The lowest BCUT2D eigenvalue weighted by atomic mass is 9.88. The molecule has 0 aromatic carbocycles. The molecule has 0 spiro atoms. The fourth-order valence-electron chi connectivity index (χ4n) is 3.25. The Morgan fingerprint density at radius 1 is 1.30 bits per heavy atom. The summed E-state index contributed by atoms with van der Waals surface area (Å²) in [6, 6.07) is -0.0152. The van der Waals surface area contributed by atoms with Crippen molar-refractivity contribution < 1.29 is 14.3 Å². The third-order valence-corrected chi connectivity index (χ3v) is 4.95. The highest BCUT2D eigenvalue weighted by Gasteiger charge is 2.21. The van der Waals surface area contributed by atoms with Crippen molar-refractivity contribution in [3.8, 4) is 0 Å². The molecule has 2 atom stereocenters. The molecule has 6 nitrogen and oxygen atoms in total. The highest BCUT2D eigenvalue weighted by Crippen LogP contribution is 2.25. The van der Waals surface area contributed by atoms with Gasteiger partial charge in [0.25, 0.3) is 0 Å². The quantitative estimate of drug-likeness (QED) is 0.721. The second-order valence-electron chi connectivity index (χ2n) is 6.78. The van der Waals surface area contributed by atoms with Crippen molar-refractivity contribution in [2.45, 2.75) is 38.7 Å². The molecule has 134 valence electrons. The van der Waals surface area contributed by atoms with Crippen LogP contribution in [0.15, 0.2) is 0 Å². The first kappa shape index (κ1) is 18.5. The van der Waals surface area contributed by atoms with Crippen LogP contribution in [0.3, 0.4) is 0 Å². The molecule has 1 saturated heterocycles. The summed E-state index contributed by atoms with van der Waals surface area (Å²) in [6.07, 6.45) is 5.40. The maximum absolute atomic E-state index is 12.0. The minimum absolute atomic E-state index is 0.0152. The Morgan fingerprint density at radius 2 is 2.04 bits per heavy atom. The lowest BCUT2D eigenvalue weighted by Gasteiger charge is -2.29. The van der Waals surface area contributed by atoms with Crippen molar-refractivity contribution in [2.75, 3.05) is 59.6 Å². The molecule has 1 aliphatic carbocycles. The van der Waals surface area contributed by atoms with Gasteiger partial charge in [0.1, 0.15) is 0 Å². The standard InChI is InChI=1S/C17H33N3O3/c1-15-5-3-4-6-16(15)23-12-7-18-17(21)19(2)8-9-20-10-13-22-14-11-20/h15-16H,3-14H2,1-2H3,(H,18,21)/t15-,16-/m0/s1. The molecule has 2 fully saturated rings. The number of nitrogens with zero attached hydrogens (tertiary/aromatic N) is 2. The predicted octanol–water partition coefficient (Wildman–Crippen LogP) is 1.56. The normalized spacial score (nSPS) is 26.0. The summed E-state index contributed by atoms with van der Waals surface area (Å²) in [6.45, 7) is 8.63. The zero-order valence-corrected chi connectivity index (χ0v) is 14.8. The molecule has 0 aromatic rings. The fraction of sp³-hybridized carbons (Fsp3) is 0.941. The molecule has 0 radical (unpaired) electrons. The maximum atomic E-state index is 12.0. The zero-order valence-electron chi connectivity index (χ0n) is 14.8. The van der Waals surface area contributed by atoms with Gasteiger partial charge in [-0.25, -0.2) is 4.79 Å². The van der Waals surface area contributed by atoms with Crippen LogP contribution < -0.4 is 5.32 Å². The van der Waals surface area contributed by atoms with Crippen LogP contribution in [0.1, 0.15) is 32.6 Å². The molecule has 0 bridgehead atoms. The fourth-order valence-corrected chi connectivity index (χ4v) is 3.25. The molecule has 0 unspecified atom stereocenters. The first-order valence-electron chi connectivity index (χ1n) is 9.07. The molecular weight excluding hydrogens is 294 g/mol. The van der Waals surface area contributed by atoms with Crippen LogP contribution in [0.2, 0.25) is 0 Å². The minimum atomic E-state index is -0.0152. The summed E-state index contributed by atoms with van der Waals surface area (Å²) in [5.41, 5.74) is 0. The number of carbonyl (C=O) groups is 1. The number of likely N-dealkylation sites (N-methyl/N-ethyl adjacent to an activating group) is 1. The summed E-state index contributed by atoms with van der Waals surface area (Å²) in [5, 5.41) is 2.94. The van der Waals surface area contributed by atoms with E-state index >= 15 is 0 Å². The van der Waals surface area contributed by atoms with E-state index < -0.39 is 0 Å². The van der Waals surface area contributed by atoms with Crippen molar-refractivity contribution in [2.24, 2.45) is 5.92 Å². The number of hydrogen-bond donors (Lipinski definition) is 1. The van der Waals surface area contributed by atoms with Gasteiger partial charge in [0, 0.05) is 39.8 Å². The van der Waals surface area contributed by atoms with Crippen molar-refractivity contribution in [1.82, 2.24) is 15.1 Å². The number of rotatable bonds is 7. The summed E-state index contributed by atoms with van der Waals surface area (Å²) >= 11 is 0. The number of hydrogen-bond acceptors (Lipinski definition) is 4. The number of morpholine rings is 1. The average Bonchev–Trinajstić information content (AvgIpc) is 2.58. The van der Waals surface area contributed by atoms with E-state index in [-0.39, 0.29) is 6.03 Å². The van der Waals surface area contributed by atoms with E-state index in [2.05, 4.69) is 17.1 Å². The van der Waals surface area contributed by atoms with Gasteiger partial charge in [-0.3, -0.25) is 4.90 Å². The van der Waals surface area contributed by atoms with Crippen LogP contribution in [0.5, 0.6) is 0 Å². The Kier molecular flexibility index (Phi) is 8.12. The molecule has 23 heavy (non-hydrogen) atoms. The van der Waals surface area contributed by atoms with Crippen LogP contribution >= 0.6 is 0 Å². The monoisotopic (exact) mass is 327 g/mol. The van der Waals surface area contributed by atoms with Crippen LogP contribution in [0.4, 0.5) is 4.79 Å². The number of urea groups is 1. The largest absolute Gasteiger partial charge is 0.379 e. The van der Waals surface area contributed by atoms with E-state index in [9.17, 15) is 4.79 Å². The van der Waals surface area contributed by atoms with Crippen molar-refractivity contribution in [1.29, 1.82) is 0 Å². The zero-order chi connectivity index (χ0) is 16.5. The van der Waals surface area contributed by atoms with E-state index in [0.717, 1.165) is 45.8 Å². The summed E-state index contributed by atoms with van der Waals surface area (Å²) in [4.78, 5) is 16.1. The van der Waals surface area contributed by atoms with Crippen molar-refractivity contribution in [3.63, 3.8) is 0 Å². The molecular formula is C17H33N3O3. The first-order valence-corrected chi connectivity index (χ1v) is 9.07. The second-order valence-corrected chi connectivity index (χ2v) is 6.78. The van der Waals surface area contributed by atoms with Gasteiger partial charge in [-0.05, 0) is 18.8 Å². The van der Waals surface area contributed by atoms with Gasteiger partial charge < -0.3 is 19.7 Å². The van der Waals surface area contributed by atoms with E-state index in [1.54, 1.807) is 4.90 Å². The molecule has 1 heterocycles. The van der Waals surface area contributed by atoms with Crippen LogP contribution in [-0.4, -0.2) is 81.5 Å². The molecule has 1 N–H and O–H groups in total. The van der Waals surface area contributed by atoms with Crippen molar-refractivity contribution >= 4 is 6.03 Å². The predicted molar refractivity (Wildman–Crippen MR) is 90.7 cm³/mol. The van der Waals surface area contributed by atoms with Gasteiger partial charge in [-0.1, -0.05) is 19.8 Å². The minimum Gasteiger partial charge on any atom is -0.379 e. The van der Waals surface area contributed by atoms with E-state index in [1.165, 1.54) is 19.3 Å². The first-order chi connectivity index (χ1) is 11.2. The molecule has 6 heteroatoms. The number of amides is 2. The average molecular weight is 327 g/mol. The topological polar surface area (TPSA) is 54.0 Å². The van der Waals surface area contributed by atoms with E-state index in [0.29, 0.717) is 25.2 Å². The number of carbonyl (C=O) groups excluding carboxylic acids is 1. The maximum Gasteiger partial charge on any atom is 0.317 e. The third kappa shape index (κ3) is 6.65. The molecule has 1 aliphatic heterocycles. The van der Waals surface area contributed by atoms with Crippen LogP contribution in [0, 0.1) is 5.92 Å². The summed E-state index contributed by atoms with van der Waals surface area (Å²) in [5.74, 6) is 0.649. The number of nitrogens with one attached hydrogen (secondary N) is 1. The highest BCUT2D eigenvalue weighted by molar-refractivity contribution is 5.73. The molecule has 2 aliphatic rings. The molecule has 0 aromatic heterocycles. The van der Waals surface area contributed by atoms with Crippen molar-refractivity contribution in [3.05, 3.63) is 0 Å². The molecule has 2 amide bonds. The Morgan fingerprint density at radius 3 is 2.78 bits per heavy atom. The van der Waals surface area contributed by atoms with Gasteiger partial charge in [-0.15, -0.1) is 0 Å². The Balaban J connectivity index is 1.53. The smallest absolute Gasteiger partial charge is 0.317 e. The Hall–Kier alpha value is -0.850. The van der Waals surface area contributed by atoms with E-state index in [1.807, 2.05) is 7.05 Å². The summed E-state index contributed by atoms with van der Waals surface area (Å²) < 4.78 is 11.3. The highest BCUT2D eigenvalue weighted by atomic mass is 16.5. The lowest BCUT2D eigenvalue weighted by molar-refractivity contribution is -0.00272. The molecule has 1 saturated carbocycles. The summed E-state index contributed by atoms with van der Waals surface area (Å²) in [7, 11) is 1.85. The van der Waals surface area contributed by atoms with E-state index in [4.69, 9.17) is 9.47 Å². The third-order valence-electron chi connectivity index (χ3n) is 4.95.